The number of rotatable bonds is 6. The lowest BCUT2D eigenvalue weighted by atomic mass is 10.1. The van der Waals surface area contributed by atoms with Crippen LogP contribution in [0.3, 0.4) is 0 Å². The quantitative estimate of drug-likeness (QED) is 0.760. The summed E-state index contributed by atoms with van der Waals surface area (Å²) in [6.07, 6.45) is 2.36. The van der Waals surface area contributed by atoms with Crippen LogP contribution < -0.4 is 9.21 Å². The van der Waals surface area contributed by atoms with E-state index in [2.05, 4.69) is 0 Å². The average Bonchev–Trinajstić information content (AvgIpc) is 2.94. The Kier molecular flexibility index (Phi) is 5.51. The first kappa shape index (κ1) is 19.4. The molecule has 2 aromatic carbocycles. The Labute approximate surface area is 159 Å². The Balaban J connectivity index is 1.69. The Morgan fingerprint density at radius 3 is 2.56 bits per heavy atom. The molecule has 1 unspecified atom stereocenters. The molecule has 0 saturated heterocycles. The van der Waals surface area contributed by atoms with Gasteiger partial charge in [0, 0.05) is 24.7 Å². The standard InChI is InChI=1S/C20H23FN2O3S/c1-15-14-16-8-3-5-10-18(16)23(15)20(24)12-7-13-22(27(2,25)26)19-11-6-4-9-17(19)21/h3-6,8-11,15H,7,12-14H2,1-2H3. The van der Waals surface area contributed by atoms with E-state index in [4.69, 9.17) is 0 Å². The highest BCUT2D eigenvalue weighted by Crippen LogP contribution is 2.32. The third kappa shape index (κ3) is 4.13. The zero-order valence-electron chi connectivity index (χ0n) is 15.4. The van der Waals surface area contributed by atoms with Gasteiger partial charge in [-0.2, -0.15) is 0 Å². The number of hydrogen-bond donors (Lipinski definition) is 0. The van der Waals surface area contributed by atoms with Gasteiger partial charge in [-0.05, 0) is 43.5 Å². The number of halogens is 1. The number of para-hydroxylation sites is 2. The van der Waals surface area contributed by atoms with Gasteiger partial charge in [0.1, 0.15) is 5.82 Å². The molecule has 1 amide bonds. The third-order valence-corrected chi connectivity index (χ3v) is 5.93. The fraction of sp³-hybridized carbons (Fsp3) is 0.350. The van der Waals surface area contributed by atoms with Crippen LogP contribution in [-0.2, 0) is 21.2 Å². The highest BCUT2D eigenvalue weighted by atomic mass is 32.2. The van der Waals surface area contributed by atoms with Crippen LogP contribution in [0.5, 0.6) is 0 Å². The van der Waals surface area contributed by atoms with Crippen molar-refractivity contribution in [3.8, 4) is 0 Å². The van der Waals surface area contributed by atoms with Crippen LogP contribution >= 0.6 is 0 Å². The first-order valence-electron chi connectivity index (χ1n) is 8.91. The first-order chi connectivity index (χ1) is 12.8. The number of anilines is 2. The minimum atomic E-state index is -3.65. The van der Waals surface area contributed by atoms with Crippen LogP contribution in [0.15, 0.2) is 48.5 Å². The Morgan fingerprint density at radius 2 is 1.85 bits per heavy atom. The molecule has 144 valence electrons. The van der Waals surface area contributed by atoms with Crippen molar-refractivity contribution >= 4 is 27.3 Å². The molecule has 1 aliphatic rings. The molecule has 0 aromatic heterocycles. The highest BCUT2D eigenvalue weighted by molar-refractivity contribution is 7.92. The molecule has 0 fully saturated rings. The molecule has 0 aliphatic carbocycles. The number of amides is 1. The molecule has 27 heavy (non-hydrogen) atoms. The van der Waals surface area contributed by atoms with Crippen molar-refractivity contribution in [3.05, 3.63) is 59.9 Å². The second-order valence-electron chi connectivity index (χ2n) is 6.84. The van der Waals surface area contributed by atoms with E-state index >= 15 is 0 Å². The summed E-state index contributed by atoms with van der Waals surface area (Å²) in [6, 6.07) is 13.6. The SMILES string of the molecule is CC1Cc2ccccc2N1C(=O)CCCN(c1ccccc1F)S(C)(=O)=O. The minimum absolute atomic E-state index is 0.00679. The van der Waals surface area contributed by atoms with Gasteiger partial charge < -0.3 is 4.90 Å². The molecule has 5 nitrogen and oxygen atoms in total. The van der Waals surface area contributed by atoms with Gasteiger partial charge in [-0.15, -0.1) is 0 Å². The summed E-state index contributed by atoms with van der Waals surface area (Å²) in [6.45, 7) is 2.05. The number of sulfonamides is 1. The molecule has 0 spiro atoms. The van der Waals surface area contributed by atoms with Gasteiger partial charge in [0.15, 0.2) is 0 Å². The van der Waals surface area contributed by atoms with Crippen molar-refractivity contribution in [3.63, 3.8) is 0 Å². The zero-order chi connectivity index (χ0) is 19.6. The molecular weight excluding hydrogens is 367 g/mol. The monoisotopic (exact) mass is 390 g/mol. The molecule has 0 saturated carbocycles. The van der Waals surface area contributed by atoms with Gasteiger partial charge in [-0.1, -0.05) is 30.3 Å². The summed E-state index contributed by atoms with van der Waals surface area (Å²) in [4.78, 5) is 14.5. The van der Waals surface area contributed by atoms with E-state index in [0.29, 0.717) is 6.42 Å². The van der Waals surface area contributed by atoms with Crippen molar-refractivity contribution in [1.29, 1.82) is 0 Å². The maximum absolute atomic E-state index is 14.0. The van der Waals surface area contributed by atoms with E-state index in [1.54, 1.807) is 11.0 Å². The van der Waals surface area contributed by atoms with E-state index in [9.17, 15) is 17.6 Å². The number of benzene rings is 2. The molecule has 0 radical (unpaired) electrons. The maximum atomic E-state index is 14.0. The predicted molar refractivity (Wildman–Crippen MR) is 105 cm³/mol. The highest BCUT2D eigenvalue weighted by Gasteiger charge is 2.30. The molecule has 0 bridgehead atoms. The summed E-state index contributed by atoms with van der Waals surface area (Å²) < 4.78 is 39.3. The van der Waals surface area contributed by atoms with E-state index in [0.717, 1.165) is 28.2 Å². The van der Waals surface area contributed by atoms with Crippen molar-refractivity contribution in [2.45, 2.75) is 32.2 Å². The fourth-order valence-electron chi connectivity index (χ4n) is 3.56. The van der Waals surface area contributed by atoms with Crippen LogP contribution in [0.1, 0.15) is 25.3 Å². The van der Waals surface area contributed by atoms with Crippen LogP contribution in [-0.4, -0.2) is 33.2 Å². The van der Waals surface area contributed by atoms with Crippen molar-refractivity contribution < 1.29 is 17.6 Å². The molecule has 1 aliphatic heterocycles. The Morgan fingerprint density at radius 1 is 1.19 bits per heavy atom. The summed E-state index contributed by atoms with van der Waals surface area (Å²) in [5, 5.41) is 0. The second kappa shape index (κ2) is 7.68. The van der Waals surface area contributed by atoms with Crippen molar-refractivity contribution in [2.24, 2.45) is 0 Å². The normalized spacial score (nSPS) is 16.3. The van der Waals surface area contributed by atoms with Gasteiger partial charge in [0.2, 0.25) is 15.9 Å². The van der Waals surface area contributed by atoms with E-state index < -0.39 is 15.8 Å². The smallest absolute Gasteiger partial charge is 0.232 e. The van der Waals surface area contributed by atoms with Gasteiger partial charge in [0.05, 0.1) is 11.9 Å². The summed E-state index contributed by atoms with van der Waals surface area (Å²) in [5.41, 5.74) is 2.07. The second-order valence-corrected chi connectivity index (χ2v) is 8.74. The van der Waals surface area contributed by atoms with E-state index in [1.165, 1.54) is 18.2 Å². The lowest BCUT2D eigenvalue weighted by Gasteiger charge is -2.25. The van der Waals surface area contributed by atoms with Crippen molar-refractivity contribution in [1.82, 2.24) is 0 Å². The largest absolute Gasteiger partial charge is 0.309 e. The minimum Gasteiger partial charge on any atom is -0.309 e. The number of nitrogens with zero attached hydrogens (tertiary/aromatic N) is 2. The predicted octanol–water partition coefficient (Wildman–Crippen LogP) is 3.35. The van der Waals surface area contributed by atoms with E-state index in [1.807, 2.05) is 31.2 Å². The number of carbonyl (C=O) groups is 1. The average molecular weight is 390 g/mol. The summed E-state index contributed by atoms with van der Waals surface area (Å²) in [5.74, 6) is -0.647. The van der Waals surface area contributed by atoms with Crippen LogP contribution in [0, 0.1) is 5.82 Å². The van der Waals surface area contributed by atoms with Crippen molar-refractivity contribution in [2.75, 3.05) is 22.0 Å². The Hall–Kier alpha value is -2.41. The first-order valence-corrected chi connectivity index (χ1v) is 10.8. The Bertz CT molecular complexity index is 946. The number of hydrogen-bond acceptors (Lipinski definition) is 3. The molecule has 1 heterocycles. The van der Waals surface area contributed by atoms with Gasteiger partial charge in [0.25, 0.3) is 0 Å². The van der Waals surface area contributed by atoms with Gasteiger partial charge in [-0.25, -0.2) is 12.8 Å². The van der Waals surface area contributed by atoms with Crippen LogP contribution in [0.2, 0.25) is 0 Å². The third-order valence-electron chi connectivity index (χ3n) is 4.75. The molecule has 0 N–H and O–H groups in total. The maximum Gasteiger partial charge on any atom is 0.232 e. The fourth-order valence-corrected chi connectivity index (χ4v) is 4.52. The lowest BCUT2D eigenvalue weighted by molar-refractivity contribution is -0.118. The molecular formula is C20H23FN2O3S. The zero-order valence-corrected chi connectivity index (χ0v) is 16.2. The molecule has 1 atom stereocenters. The lowest BCUT2D eigenvalue weighted by Crippen LogP contribution is -2.37. The molecule has 3 rings (SSSR count). The number of carbonyl (C=O) groups excluding carboxylic acids is 1. The molecule has 7 heteroatoms. The van der Waals surface area contributed by atoms with E-state index in [-0.39, 0.29) is 30.6 Å². The number of fused-ring (bicyclic) bond motifs is 1. The molecule has 2 aromatic rings. The van der Waals surface area contributed by atoms with Crippen LogP contribution in [0.25, 0.3) is 0 Å². The summed E-state index contributed by atoms with van der Waals surface area (Å²) >= 11 is 0. The van der Waals surface area contributed by atoms with Crippen LogP contribution in [0.4, 0.5) is 15.8 Å². The van der Waals surface area contributed by atoms with Gasteiger partial charge in [-0.3, -0.25) is 9.10 Å². The summed E-state index contributed by atoms with van der Waals surface area (Å²) in [7, 11) is -3.65. The topological polar surface area (TPSA) is 57.7 Å². The van der Waals surface area contributed by atoms with Gasteiger partial charge >= 0.3 is 0 Å².